The Balaban J connectivity index is 1.42. The Bertz CT molecular complexity index is 986. The smallest absolute Gasteiger partial charge is 0.290 e. The highest BCUT2D eigenvalue weighted by Gasteiger charge is 2.33. The molecule has 7 nitrogen and oxygen atoms in total. The number of piperidine rings is 1. The average molecular weight is 396 g/mol. The Morgan fingerprint density at radius 3 is 2.90 bits per heavy atom. The summed E-state index contributed by atoms with van der Waals surface area (Å²) in [5, 5.41) is 2.83. The first-order chi connectivity index (χ1) is 14.1. The lowest BCUT2D eigenvalue weighted by atomic mass is 10.0. The van der Waals surface area contributed by atoms with Crippen molar-refractivity contribution in [2.45, 2.75) is 31.8 Å². The van der Waals surface area contributed by atoms with Crippen LogP contribution in [0.5, 0.6) is 0 Å². The fourth-order valence-corrected chi connectivity index (χ4v) is 3.57. The Labute approximate surface area is 167 Å². The van der Waals surface area contributed by atoms with Crippen molar-refractivity contribution >= 4 is 11.8 Å². The number of halogens is 1. The van der Waals surface area contributed by atoms with Gasteiger partial charge < -0.3 is 19.2 Å². The number of aromatic nitrogens is 2. The van der Waals surface area contributed by atoms with Crippen LogP contribution >= 0.6 is 0 Å². The maximum Gasteiger partial charge on any atom is 0.290 e. The van der Waals surface area contributed by atoms with E-state index >= 15 is 0 Å². The van der Waals surface area contributed by atoms with Crippen molar-refractivity contribution in [3.8, 4) is 5.69 Å². The Hall–Kier alpha value is -3.42. The summed E-state index contributed by atoms with van der Waals surface area (Å²) in [6.45, 7) is 0.686. The van der Waals surface area contributed by atoms with E-state index in [0.717, 1.165) is 12.8 Å². The molecule has 0 bridgehead atoms. The highest BCUT2D eigenvalue weighted by molar-refractivity contribution is 5.95. The molecule has 150 valence electrons. The molecule has 1 saturated heterocycles. The molecule has 1 fully saturated rings. The number of carbonyl (C=O) groups excluding carboxylic acids is 2. The summed E-state index contributed by atoms with van der Waals surface area (Å²) in [6.07, 6.45) is 8.50. The van der Waals surface area contributed by atoms with Gasteiger partial charge >= 0.3 is 0 Å². The fourth-order valence-electron chi connectivity index (χ4n) is 3.57. The topological polar surface area (TPSA) is 80.4 Å². The second kappa shape index (κ2) is 8.30. The van der Waals surface area contributed by atoms with Crippen LogP contribution in [0, 0.1) is 5.82 Å². The molecule has 1 aromatic carbocycles. The molecule has 1 atom stereocenters. The number of carbonyl (C=O) groups is 2. The van der Waals surface area contributed by atoms with E-state index in [1.165, 1.54) is 18.7 Å². The second-order valence-corrected chi connectivity index (χ2v) is 6.96. The number of nitrogens with one attached hydrogen (secondary N) is 1. The molecule has 1 aliphatic rings. The highest BCUT2D eigenvalue weighted by Crippen LogP contribution is 2.21. The third-order valence-electron chi connectivity index (χ3n) is 5.06. The number of hydrogen-bond acceptors (Lipinski definition) is 4. The van der Waals surface area contributed by atoms with Gasteiger partial charge in [0.25, 0.3) is 5.91 Å². The molecule has 0 radical (unpaired) electrons. The number of imidazole rings is 1. The van der Waals surface area contributed by atoms with Gasteiger partial charge in [-0.2, -0.15) is 0 Å². The van der Waals surface area contributed by atoms with E-state index < -0.39 is 11.9 Å². The lowest BCUT2D eigenvalue weighted by molar-refractivity contribution is -0.126. The Morgan fingerprint density at radius 2 is 2.17 bits per heavy atom. The Morgan fingerprint density at radius 1 is 1.28 bits per heavy atom. The minimum Gasteiger partial charge on any atom is -0.459 e. The van der Waals surface area contributed by atoms with Crippen molar-refractivity contribution in [2.24, 2.45) is 0 Å². The predicted molar refractivity (Wildman–Crippen MR) is 103 cm³/mol. The molecule has 0 aliphatic carbocycles. The van der Waals surface area contributed by atoms with Crippen LogP contribution in [0.2, 0.25) is 0 Å². The van der Waals surface area contributed by atoms with Crippen molar-refractivity contribution in [3.05, 3.63) is 72.5 Å². The van der Waals surface area contributed by atoms with E-state index in [-0.39, 0.29) is 24.1 Å². The summed E-state index contributed by atoms with van der Waals surface area (Å²) in [5.41, 5.74) is 1.03. The second-order valence-electron chi connectivity index (χ2n) is 6.96. The first-order valence-electron chi connectivity index (χ1n) is 9.52. The molecule has 1 N–H and O–H groups in total. The van der Waals surface area contributed by atoms with Crippen LogP contribution in [0.4, 0.5) is 4.39 Å². The summed E-state index contributed by atoms with van der Waals surface area (Å²) in [4.78, 5) is 30.9. The molecule has 0 saturated carbocycles. The Kier molecular flexibility index (Phi) is 5.41. The minimum absolute atomic E-state index is 0.180. The van der Waals surface area contributed by atoms with Gasteiger partial charge in [-0.15, -0.1) is 0 Å². The van der Waals surface area contributed by atoms with Gasteiger partial charge in [-0.3, -0.25) is 9.59 Å². The van der Waals surface area contributed by atoms with E-state index in [1.54, 1.807) is 46.1 Å². The van der Waals surface area contributed by atoms with E-state index in [2.05, 4.69) is 10.3 Å². The lowest BCUT2D eigenvalue weighted by Crippen LogP contribution is -2.51. The van der Waals surface area contributed by atoms with Crippen LogP contribution in [0.25, 0.3) is 5.69 Å². The summed E-state index contributed by atoms with van der Waals surface area (Å²) in [7, 11) is 0. The van der Waals surface area contributed by atoms with E-state index in [4.69, 9.17) is 4.42 Å². The van der Waals surface area contributed by atoms with Crippen molar-refractivity contribution in [1.29, 1.82) is 0 Å². The predicted octanol–water partition coefficient (Wildman–Crippen LogP) is 2.92. The maximum absolute atomic E-state index is 14.4. The molecular formula is C21H21FN4O3. The van der Waals surface area contributed by atoms with Crippen LogP contribution < -0.4 is 5.32 Å². The van der Waals surface area contributed by atoms with Gasteiger partial charge in [0.2, 0.25) is 5.91 Å². The number of hydrogen-bond donors (Lipinski definition) is 1. The summed E-state index contributed by atoms with van der Waals surface area (Å²) < 4.78 is 21.2. The molecular weight excluding hydrogens is 375 g/mol. The van der Waals surface area contributed by atoms with Crippen molar-refractivity contribution in [3.63, 3.8) is 0 Å². The molecule has 2 aromatic heterocycles. The van der Waals surface area contributed by atoms with Gasteiger partial charge in [0.05, 0.1) is 18.3 Å². The molecule has 3 aromatic rings. The molecule has 2 amide bonds. The quantitative estimate of drug-likeness (QED) is 0.719. The van der Waals surface area contributed by atoms with E-state index in [0.29, 0.717) is 24.2 Å². The average Bonchev–Trinajstić information content (AvgIpc) is 3.46. The van der Waals surface area contributed by atoms with Crippen molar-refractivity contribution in [2.75, 3.05) is 6.54 Å². The van der Waals surface area contributed by atoms with Crippen LogP contribution in [-0.4, -0.2) is 38.9 Å². The van der Waals surface area contributed by atoms with Crippen LogP contribution in [0.15, 0.2) is 59.7 Å². The number of nitrogens with zero attached hydrogens (tertiary/aromatic N) is 3. The maximum atomic E-state index is 14.4. The monoisotopic (exact) mass is 396 g/mol. The zero-order valence-corrected chi connectivity index (χ0v) is 15.8. The van der Waals surface area contributed by atoms with Gasteiger partial charge in [-0.1, -0.05) is 6.07 Å². The zero-order valence-electron chi connectivity index (χ0n) is 15.8. The SMILES string of the molecule is O=C(NCc1ccc(-n2ccnc2)c(F)c1)C1CCCCN1C(=O)c1ccco1. The standard InChI is InChI=1S/C21H21FN4O3/c22-16-12-15(6-7-17(16)25-10-8-23-14-25)13-24-20(27)18-4-1-2-9-26(18)21(28)19-5-3-11-29-19/h3,5-8,10-12,14,18H,1-2,4,9,13H2,(H,24,27). The van der Waals surface area contributed by atoms with E-state index in [9.17, 15) is 14.0 Å². The molecule has 4 rings (SSSR count). The zero-order chi connectivity index (χ0) is 20.2. The van der Waals surface area contributed by atoms with Gasteiger partial charge in [0.15, 0.2) is 5.76 Å². The fraction of sp³-hybridized carbons (Fsp3) is 0.286. The van der Waals surface area contributed by atoms with Gasteiger partial charge in [-0.05, 0) is 49.1 Å². The molecule has 3 heterocycles. The molecule has 1 unspecified atom stereocenters. The largest absolute Gasteiger partial charge is 0.459 e. The first-order valence-corrected chi connectivity index (χ1v) is 9.52. The summed E-state index contributed by atoms with van der Waals surface area (Å²) in [5.74, 6) is -0.710. The van der Waals surface area contributed by atoms with Crippen LogP contribution in [0.3, 0.4) is 0 Å². The van der Waals surface area contributed by atoms with Crippen molar-refractivity contribution < 1.29 is 18.4 Å². The van der Waals surface area contributed by atoms with Crippen LogP contribution in [-0.2, 0) is 11.3 Å². The third kappa shape index (κ3) is 4.06. The lowest BCUT2D eigenvalue weighted by Gasteiger charge is -2.34. The third-order valence-corrected chi connectivity index (χ3v) is 5.06. The van der Waals surface area contributed by atoms with Crippen molar-refractivity contribution in [1.82, 2.24) is 19.8 Å². The number of amides is 2. The normalized spacial score (nSPS) is 16.6. The number of rotatable bonds is 5. The van der Waals surface area contributed by atoms with Gasteiger partial charge in [0, 0.05) is 25.5 Å². The van der Waals surface area contributed by atoms with Gasteiger partial charge in [-0.25, -0.2) is 9.37 Å². The highest BCUT2D eigenvalue weighted by atomic mass is 19.1. The number of benzene rings is 1. The first kappa shape index (κ1) is 18.9. The molecule has 8 heteroatoms. The molecule has 29 heavy (non-hydrogen) atoms. The minimum atomic E-state index is -0.559. The summed E-state index contributed by atoms with van der Waals surface area (Å²) in [6, 6.07) is 7.47. The number of furan rings is 1. The molecule has 1 aliphatic heterocycles. The molecule has 0 spiro atoms. The van der Waals surface area contributed by atoms with E-state index in [1.807, 2.05) is 0 Å². The van der Waals surface area contributed by atoms with Crippen LogP contribution in [0.1, 0.15) is 35.4 Å². The van der Waals surface area contributed by atoms with Gasteiger partial charge in [0.1, 0.15) is 11.9 Å². The number of likely N-dealkylation sites (tertiary alicyclic amines) is 1. The summed E-state index contributed by atoms with van der Waals surface area (Å²) >= 11 is 0.